The van der Waals surface area contributed by atoms with Crippen LogP contribution < -0.4 is 4.74 Å². The number of alkyl halides is 1. The number of hydrogen-bond acceptors (Lipinski definition) is 6. The molecule has 156 valence electrons. The van der Waals surface area contributed by atoms with E-state index < -0.39 is 6.04 Å². The minimum absolute atomic E-state index is 0.0670. The van der Waals surface area contributed by atoms with E-state index in [0.717, 1.165) is 20.6 Å². The molecule has 1 saturated heterocycles. The Hall–Kier alpha value is -1.36. The Morgan fingerprint density at radius 2 is 1.93 bits per heavy atom. The second-order valence-electron chi connectivity index (χ2n) is 6.66. The third-order valence-electron chi connectivity index (χ3n) is 4.53. The molecule has 0 saturated carbocycles. The van der Waals surface area contributed by atoms with Gasteiger partial charge in [-0.1, -0.05) is 34.7 Å². The third-order valence-corrected chi connectivity index (χ3v) is 6.60. The van der Waals surface area contributed by atoms with Gasteiger partial charge in [0.1, 0.15) is 24.2 Å². The van der Waals surface area contributed by atoms with E-state index in [0.29, 0.717) is 13.2 Å². The molecular weight excluding hydrogens is 508 g/mol. The van der Waals surface area contributed by atoms with Crippen molar-refractivity contribution in [2.24, 2.45) is 0 Å². The minimum atomic E-state index is -0.460. The fraction of sp³-hybridized carbons (Fsp3) is 0.381. The Labute approximate surface area is 188 Å². The molecule has 1 fully saturated rings. The van der Waals surface area contributed by atoms with E-state index in [1.54, 1.807) is 12.1 Å². The van der Waals surface area contributed by atoms with Crippen LogP contribution in [-0.4, -0.2) is 46.6 Å². The van der Waals surface area contributed by atoms with Crippen molar-refractivity contribution in [1.29, 1.82) is 0 Å². The minimum Gasteiger partial charge on any atom is -0.489 e. The monoisotopic (exact) mass is 531 g/mol. The van der Waals surface area contributed by atoms with Crippen molar-refractivity contribution in [3.8, 4) is 5.75 Å². The van der Waals surface area contributed by atoms with Gasteiger partial charge < -0.3 is 14.2 Å². The highest BCUT2D eigenvalue weighted by Gasteiger charge is 2.40. The number of morpholine rings is 1. The zero-order chi connectivity index (χ0) is 20.8. The topological polar surface area (TPSA) is 48.0 Å². The summed E-state index contributed by atoms with van der Waals surface area (Å²) in [5.74, 6) is 0.169. The first-order valence-corrected chi connectivity index (χ1v) is 11.5. The van der Waals surface area contributed by atoms with E-state index >= 15 is 0 Å². The second-order valence-corrected chi connectivity index (χ2v) is 8.67. The summed E-state index contributed by atoms with van der Waals surface area (Å²) in [5, 5.41) is 0. The number of hydrogen-bond donors (Lipinski definition) is 0. The molecule has 1 heterocycles. The van der Waals surface area contributed by atoms with Crippen molar-refractivity contribution in [3.05, 3.63) is 59.9 Å². The number of carbonyl (C=O) groups is 1. The molecule has 0 unspecified atom stereocenters. The number of rotatable bonds is 7. The normalized spacial score (nSPS) is 22.3. The van der Waals surface area contributed by atoms with E-state index in [-0.39, 0.29) is 24.0 Å². The summed E-state index contributed by atoms with van der Waals surface area (Å²) in [5.41, 5.74) is 0.901. The van der Waals surface area contributed by atoms with Crippen molar-refractivity contribution >= 4 is 40.5 Å². The smallest absolute Gasteiger partial charge is 0.326 e. The van der Waals surface area contributed by atoms with Crippen LogP contribution in [0.3, 0.4) is 0 Å². The SMILES string of the molecule is COC(=O)[C@H]1[C@H](C)O[C@@H](CI)CN1Sc1ccc(OCc2ccc(F)cc2)cc1. The average molecular weight is 531 g/mol. The van der Waals surface area contributed by atoms with E-state index in [1.165, 1.54) is 31.2 Å². The van der Waals surface area contributed by atoms with Gasteiger partial charge in [-0.2, -0.15) is 0 Å². The lowest BCUT2D eigenvalue weighted by atomic mass is 10.1. The number of methoxy groups -OCH3 is 1. The summed E-state index contributed by atoms with van der Waals surface area (Å²) >= 11 is 3.81. The zero-order valence-electron chi connectivity index (χ0n) is 16.2. The Morgan fingerprint density at radius 3 is 2.55 bits per heavy atom. The van der Waals surface area contributed by atoms with Gasteiger partial charge in [-0.3, -0.25) is 4.79 Å². The molecule has 29 heavy (non-hydrogen) atoms. The lowest BCUT2D eigenvalue weighted by Crippen LogP contribution is -2.55. The molecule has 0 radical (unpaired) electrons. The maximum atomic E-state index is 13.0. The van der Waals surface area contributed by atoms with Gasteiger partial charge in [-0.25, -0.2) is 8.70 Å². The van der Waals surface area contributed by atoms with Crippen LogP contribution in [0.2, 0.25) is 0 Å². The highest BCUT2D eigenvalue weighted by Crippen LogP contribution is 2.32. The maximum Gasteiger partial charge on any atom is 0.326 e. The van der Waals surface area contributed by atoms with Gasteiger partial charge in [0, 0.05) is 15.9 Å². The molecule has 0 spiro atoms. The third kappa shape index (κ3) is 6.07. The van der Waals surface area contributed by atoms with Gasteiger partial charge in [0.2, 0.25) is 0 Å². The van der Waals surface area contributed by atoms with Gasteiger partial charge in [0.15, 0.2) is 0 Å². The lowest BCUT2D eigenvalue weighted by Gasteiger charge is -2.40. The van der Waals surface area contributed by atoms with Crippen LogP contribution in [0.15, 0.2) is 53.4 Å². The molecule has 2 aromatic rings. The van der Waals surface area contributed by atoms with Crippen molar-refractivity contribution in [3.63, 3.8) is 0 Å². The Kier molecular flexibility index (Phi) is 8.16. The predicted octanol–water partition coefficient (Wildman–Crippen LogP) is 4.48. The standard InChI is InChI=1S/C21H23FINO4S/c1-14-20(21(25)26-2)24(12-18(11-23)28-14)29-19-9-7-17(8-10-19)27-13-15-3-5-16(22)6-4-15/h3-10,14,18,20H,11-13H2,1-2H3/t14-,18-,20+/m0/s1. The van der Waals surface area contributed by atoms with E-state index in [9.17, 15) is 9.18 Å². The van der Waals surface area contributed by atoms with E-state index in [1.807, 2.05) is 35.5 Å². The summed E-state index contributed by atoms with van der Waals surface area (Å²) < 4.78 is 32.5. The zero-order valence-corrected chi connectivity index (χ0v) is 19.2. The summed E-state index contributed by atoms with van der Waals surface area (Å²) in [6, 6.07) is 13.5. The number of esters is 1. The Balaban J connectivity index is 1.63. The molecule has 3 rings (SSSR count). The lowest BCUT2D eigenvalue weighted by molar-refractivity contribution is -0.157. The fourth-order valence-electron chi connectivity index (χ4n) is 3.06. The first-order valence-electron chi connectivity index (χ1n) is 9.21. The van der Waals surface area contributed by atoms with Crippen molar-refractivity contribution in [1.82, 2.24) is 4.31 Å². The Bertz CT molecular complexity index is 805. The summed E-state index contributed by atoms with van der Waals surface area (Å²) in [6.07, 6.45) is -0.181. The molecule has 8 heteroatoms. The molecule has 5 nitrogen and oxygen atoms in total. The van der Waals surface area contributed by atoms with Crippen LogP contribution in [0.4, 0.5) is 4.39 Å². The molecule has 0 bridgehead atoms. The van der Waals surface area contributed by atoms with Gasteiger partial charge in [0.25, 0.3) is 0 Å². The summed E-state index contributed by atoms with van der Waals surface area (Å²) in [6.45, 7) is 2.91. The number of carbonyl (C=O) groups excluding carboxylic acids is 1. The van der Waals surface area contributed by atoms with Crippen LogP contribution in [0.25, 0.3) is 0 Å². The number of ether oxygens (including phenoxy) is 3. The first-order chi connectivity index (χ1) is 14.0. The first kappa shape index (κ1) is 22.3. The largest absolute Gasteiger partial charge is 0.489 e. The van der Waals surface area contributed by atoms with Crippen LogP contribution in [-0.2, 0) is 20.9 Å². The summed E-state index contributed by atoms with van der Waals surface area (Å²) in [7, 11) is 1.40. The quantitative estimate of drug-likeness (QED) is 0.228. The van der Waals surface area contributed by atoms with Crippen molar-refractivity contribution < 1.29 is 23.4 Å². The maximum absolute atomic E-state index is 13.0. The van der Waals surface area contributed by atoms with Crippen molar-refractivity contribution in [2.45, 2.75) is 36.7 Å². The van der Waals surface area contributed by atoms with Gasteiger partial charge in [-0.15, -0.1) is 0 Å². The molecule has 0 N–H and O–H groups in total. The van der Waals surface area contributed by atoms with Crippen LogP contribution in [0, 0.1) is 5.82 Å². The number of halogens is 2. The number of nitrogens with zero attached hydrogens (tertiary/aromatic N) is 1. The second kappa shape index (κ2) is 10.6. The van der Waals surface area contributed by atoms with E-state index in [4.69, 9.17) is 14.2 Å². The van der Waals surface area contributed by atoms with Crippen molar-refractivity contribution in [2.75, 3.05) is 18.1 Å². The Morgan fingerprint density at radius 1 is 1.24 bits per heavy atom. The van der Waals surface area contributed by atoms with E-state index in [2.05, 4.69) is 22.6 Å². The van der Waals surface area contributed by atoms with Gasteiger partial charge >= 0.3 is 5.97 Å². The average Bonchev–Trinajstić information content (AvgIpc) is 2.73. The predicted molar refractivity (Wildman–Crippen MR) is 119 cm³/mol. The molecule has 1 aliphatic rings. The molecule has 0 aliphatic carbocycles. The molecule has 2 aromatic carbocycles. The molecular formula is C21H23FINO4S. The fourth-order valence-corrected chi connectivity index (χ4v) is 4.68. The highest BCUT2D eigenvalue weighted by atomic mass is 127. The van der Waals surface area contributed by atoms with Gasteiger partial charge in [-0.05, 0) is 60.8 Å². The summed E-state index contributed by atoms with van der Waals surface area (Å²) in [4.78, 5) is 13.3. The molecule has 3 atom stereocenters. The van der Waals surface area contributed by atoms with Crippen LogP contribution in [0.5, 0.6) is 5.75 Å². The van der Waals surface area contributed by atoms with Crippen LogP contribution >= 0.6 is 34.5 Å². The highest BCUT2D eigenvalue weighted by molar-refractivity contribution is 14.1. The van der Waals surface area contributed by atoms with Gasteiger partial charge in [0.05, 0.1) is 19.3 Å². The molecule has 1 aliphatic heterocycles. The number of benzene rings is 2. The molecule has 0 amide bonds. The van der Waals surface area contributed by atoms with Crippen LogP contribution in [0.1, 0.15) is 12.5 Å². The molecule has 0 aromatic heterocycles.